The molecule has 0 bridgehead atoms. The molecule has 0 spiro atoms. The Bertz CT molecular complexity index is 87.8. The molecule has 0 heterocycles. The maximum atomic E-state index is 10.5. The average molecular weight is 138 g/mol. The molecule has 0 amide bonds. The second-order valence-corrected chi connectivity index (χ2v) is 0.785. The first-order valence-corrected chi connectivity index (χ1v) is 1.23. The smallest absolute Gasteiger partial charge is 0.542 e. The van der Waals surface area contributed by atoms with Crippen LogP contribution in [0.1, 0.15) is 0 Å². The maximum absolute atomic E-state index is 10.5. The van der Waals surface area contributed by atoms with Gasteiger partial charge < -0.3 is 9.90 Å². The van der Waals surface area contributed by atoms with Crippen molar-refractivity contribution in [1.29, 1.82) is 0 Å². The molecule has 42 valence electrons. The third kappa shape index (κ3) is 4.42. The van der Waals surface area contributed by atoms with Crippen LogP contribution in [-0.4, -0.2) is 12.1 Å². The number of aliphatic carboxylic acids is 1. The molecule has 6 heteroatoms. The van der Waals surface area contributed by atoms with Crippen LogP contribution in [0.2, 0.25) is 0 Å². The SMILES string of the molecule is O=[13C]([O-])[13C](F)(F)F.[Na+]. The zero-order chi connectivity index (χ0) is 6.08. The van der Waals surface area contributed by atoms with Crippen molar-refractivity contribution in [2.75, 3.05) is 0 Å². The van der Waals surface area contributed by atoms with Crippen LogP contribution in [0.25, 0.3) is 0 Å². The van der Waals surface area contributed by atoms with Gasteiger partial charge in [-0.05, 0) is 0 Å². The normalized spacial score (nSPS) is 9.88. The van der Waals surface area contributed by atoms with Crippen LogP contribution in [0.3, 0.4) is 0 Å². The maximum Gasteiger partial charge on any atom is 1.00 e. The van der Waals surface area contributed by atoms with Crippen LogP contribution in [-0.2, 0) is 4.79 Å². The molecule has 0 aliphatic rings. The second kappa shape index (κ2) is 3.32. The Labute approximate surface area is 65.0 Å². The van der Waals surface area contributed by atoms with Crippen LogP contribution >= 0.6 is 0 Å². The quantitative estimate of drug-likeness (QED) is 0.255. The van der Waals surface area contributed by atoms with Gasteiger partial charge in [0.1, 0.15) is 5.97 Å². The summed E-state index contributed by atoms with van der Waals surface area (Å²) >= 11 is 0. The van der Waals surface area contributed by atoms with E-state index in [1.807, 2.05) is 0 Å². The fourth-order valence-electron chi connectivity index (χ4n) is 0. The van der Waals surface area contributed by atoms with E-state index in [-0.39, 0.29) is 29.6 Å². The predicted molar refractivity (Wildman–Crippen MR) is 11.1 cm³/mol. The molecule has 0 fully saturated rings. The Morgan fingerprint density at radius 1 is 1.38 bits per heavy atom. The predicted octanol–water partition coefficient (Wildman–Crippen LogP) is -3.70. The van der Waals surface area contributed by atoms with Gasteiger partial charge in [-0.3, -0.25) is 0 Å². The largest absolute Gasteiger partial charge is 1.00 e. The van der Waals surface area contributed by atoms with Gasteiger partial charge in [0.05, 0.1) is 0 Å². The molecule has 0 radical (unpaired) electrons. The molecule has 0 rings (SSSR count). The number of halogens is 3. The molecule has 0 saturated heterocycles. The van der Waals surface area contributed by atoms with Gasteiger partial charge in [-0.2, -0.15) is 13.2 Å². The fourth-order valence-corrected chi connectivity index (χ4v) is 0. The third-order valence-electron chi connectivity index (χ3n) is 0.231. The molecule has 0 atom stereocenters. The molecule has 0 aliphatic heterocycles. The molecular weight excluding hydrogens is 138 g/mol. The van der Waals surface area contributed by atoms with Crippen molar-refractivity contribution in [1.82, 2.24) is 0 Å². The number of hydrogen-bond acceptors (Lipinski definition) is 2. The number of carbonyl (C=O) groups excluding carboxylic acids is 1. The van der Waals surface area contributed by atoms with Gasteiger partial charge in [-0.15, -0.1) is 0 Å². The summed E-state index contributed by atoms with van der Waals surface area (Å²) in [5, 5.41) is 8.78. The Hall–Kier alpha value is 0.260. The summed E-state index contributed by atoms with van der Waals surface area (Å²) in [4.78, 5) is 8.78. The average Bonchev–Trinajstić information content (AvgIpc) is 1.31. The monoisotopic (exact) mass is 138 g/mol. The second-order valence-electron chi connectivity index (χ2n) is 0.785. The minimum atomic E-state index is -5.19. The Morgan fingerprint density at radius 3 is 1.50 bits per heavy atom. The summed E-state index contributed by atoms with van der Waals surface area (Å²) in [6.07, 6.45) is -5.19. The Kier molecular flexibility index (Phi) is 4.61. The van der Waals surface area contributed by atoms with Crippen LogP contribution < -0.4 is 34.7 Å². The number of hydrogen-bond donors (Lipinski definition) is 0. The molecule has 2 nitrogen and oxygen atoms in total. The molecule has 0 aromatic carbocycles. The van der Waals surface area contributed by atoms with Crippen molar-refractivity contribution in [3.8, 4) is 0 Å². The summed E-state index contributed by atoms with van der Waals surface area (Å²) in [5.74, 6) is -3.01. The number of carbonyl (C=O) groups is 1. The number of carboxylic acids is 1. The van der Waals surface area contributed by atoms with Crippen LogP contribution in [0.15, 0.2) is 0 Å². The van der Waals surface area contributed by atoms with Gasteiger partial charge >= 0.3 is 35.7 Å². The van der Waals surface area contributed by atoms with E-state index in [4.69, 9.17) is 9.90 Å². The standard InChI is InChI=1S/C2HF3O2.Na/c3-2(4,5)1(6)7;/h(H,6,7);/q;+1/p-1/i1+1,2+1;. The molecule has 0 unspecified atom stereocenters. The van der Waals surface area contributed by atoms with Gasteiger partial charge in [-0.25, -0.2) is 0 Å². The summed E-state index contributed by atoms with van der Waals surface area (Å²) < 4.78 is 31.5. The van der Waals surface area contributed by atoms with E-state index >= 15 is 0 Å². The minimum absolute atomic E-state index is 0. The zero-order valence-electron chi connectivity index (χ0n) is 3.95. The molecule has 0 aromatic heterocycles. The Morgan fingerprint density at radius 2 is 1.50 bits per heavy atom. The van der Waals surface area contributed by atoms with Gasteiger partial charge in [0, 0.05) is 0 Å². The summed E-state index contributed by atoms with van der Waals surface area (Å²) in [5.41, 5.74) is 0. The Balaban J connectivity index is 0. The number of rotatable bonds is 0. The van der Waals surface area contributed by atoms with Gasteiger partial charge in [0.25, 0.3) is 0 Å². The molecule has 0 aromatic rings. The van der Waals surface area contributed by atoms with E-state index in [1.54, 1.807) is 0 Å². The van der Waals surface area contributed by atoms with Gasteiger partial charge in [-0.1, -0.05) is 0 Å². The number of carboxylic acid groups (broad SMARTS) is 1. The molecular formula is C2F3NaO2. The molecule has 8 heavy (non-hydrogen) atoms. The first kappa shape index (κ1) is 11.1. The van der Waals surface area contributed by atoms with Crippen molar-refractivity contribution in [3.05, 3.63) is 0 Å². The van der Waals surface area contributed by atoms with E-state index in [2.05, 4.69) is 0 Å². The van der Waals surface area contributed by atoms with Crippen LogP contribution in [0.4, 0.5) is 13.2 Å². The van der Waals surface area contributed by atoms with E-state index in [9.17, 15) is 13.2 Å². The van der Waals surface area contributed by atoms with Crippen molar-refractivity contribution in [3.63, 3.8) is 0 Å². The summed E-state index contributed by atoms with van der Waals surface area (Å²) in [7, 11) is 0. The van der Waals surface area contributed by atoms with Gasteiger partial charge in [0.15, 0.2) is 0 Å². The first-order chi connectivity index (χ1) is 2.94. The molecule has 0 N–H and O–H groups in total. The molecule has 0 aliphatic carbocycles. The zero-order valence-corrected chi connectivity index (χ0v) is 5.95. The fraction of sp³-hybridized carbons (Fsp3) is 0.500. The van der Waals surface area contributed by atoms with E-state index in [0.29, 0.717) is 0 Å². The van der Waals surface area contributed by atoms with Crippen LogP contribution in [0, 0.1) is 0 Å². The van der Waals surface area contributed by atoms with E-state index in [1.165, 1.54) is 0 Å². The van der Waals surface area contributed by atoms with Gasteiger partial charge in [0.2, 0.25) is 0 Å². The minimum Gasteiger partial charge on any atom is -0.542 e. The van der Waals surface area contributed by atoms with E-state index < -0.39 is 12.1 Å². The van der Waals surface area contributed by atoms with Crippen molar-refractivity contribution < 1.29 is 52.6 Å². The molecule has 0 saturated carbocycles. The van der Waals surface area contributed by atoms with Crippen LogP contribution in [0.5, 0.6) is 0 Å². The topological polar surface area (TPSA) is 40.1 Å². The summed E-state index contributed by atoms with van der Waals surface area (Å²) in [6.45, 7) is 0. The number of alkyl halides is 3. The van der Waals surface area contributed by atoms with Crippen molar-refractivity contribution in [2.45, 2.75) is 6.18 Å². The van der Waals surface area contributed by atoms with E-state index in [0.717, 1.165) is 0 Å². The van der Waals surface area contributed by atoms with Crippen molar-refractivity contribution in [2.24, 2.45) is 0 Å². The summed E-state index contributed by atoms with van der Waals surface area (Å²) in [6, 6.07) is 0. The van der Waals surface area contributed by atoms with Crippen molar-refractivity contribution >= 4 is 5.97 Å². The first-order valence-electron chi connectivity index (χ1n) is 1.23. The third-order valence-corrected chi connectivity index (χ3v) is 0.231.